The molecule has 0 aliphatic carbocycles. The lowest BCUT2D eigenvalue weighted by molar-refractivity contribution is -0.0260. The third kappa shape index (κ3) is 4.43. The highest BCUT2D eigenvalue weighted by molar-refractivity contribution is 5.98. The molecule has 2 fully saturated rings. The number of rotatable bonds is 3. The van der Waals surface area contributed by atoms with Gasteiger partial charge in [-0.15, -0.1) is 0 Å². The van der Waals surface area contributed by atoms with E-state index in [-0.39, 0.29) is 29.9 Å². The Bertz CT molecular complexity index is 884. The van der Waals surface area contributed by atoms with E-state index in [4.69, 9.17) is 4.74 Å². The lowest BCUT2D eigenvalue weighted by atomic mass is 9.76. The highest BCUT2D eigenvalue weighted by atomic mass is 16.6. The number of amides is 1. The van der Waals surface area contributed by atoms with Gasteiger partial charge in [0.1, 0.15) is 5.60 Å². The van der Waals surface area contributed by atoms with E-state index in [9.17, 15) is 9.59 Å². The van der Waals surface area contributed by atoms with Gasteiger partial charge in [0.2, 0.25) is 0 Å². The summed E-state index contributed by atoms with van der Waals surface area (Å²) in [5.41, 5.74) is 2.53. The second kappa shape index (κ2) is 8.25. The third-order valence-electron chi connectivity index (χ3n) is 6.23. The van der Waals surface area contributed by atoms with Crippen molar-refractivity contribution in [3.8, 4) is 11.1 Å². The van der Waals surface area contributed by atoms with Crippen LogP contribution < -0.4 is 0 Å². The summed E-state index contributed by atoms with van der Waals surface area (Å²) in [6.45, 7) is 5.70. The molecule has 0 spiro atoms. The Morgan fingerprint density at radius 1 is 0.867 bits per heavy atom. The molecule has 0 radical (unpaired) electrons. The maximum atomic E-state index is 13.2. The number of nitrogens with zero attached hydrogens (tertiary/aromatic N) is 1. The van der Waals surface area contributed by atoms with Crippen molar-refractivity contribution in [3.05, 3.63) is 60.2 Å². The quantitative estimate of drug-likeness (QED) is 0.579. The molecule has 2 saturated heterocycles. The first-order valence-electron chi connectivity index (χ1n) is 11.0. The minimum Gasteiger partial charge on any atom is -0.444 e. The summed E-state index contributed by atoms with van der Waals surface area (Å²) in [5, 5.41) is 0. The fraction of sp³-hybridized carbons (Fsp3) is 0.462. The van der Waals surface area contributed by atoms with Crippen molar-refractivity contribution in [2.75, 3.05) is 0 Å². The third-order valence-corrected chi connectivity index (χ3v) is 6.23. The van der Waals surface area contributed by atoms with Gasteiger partial charge in [-0.2, -0.15) is 0 Å². The number of piperidine rings is 2. The molecular weight excluding hydrogens is 374 g/mol. The van der Waals surface area contributed by atoms with Gasteiger partial charge in [-0.3, -0.25) is 4.79 Å². The molecular formula is C26H31NO3. The summed E-state index contributed by atoms with van der Waals surface area (Å²) in [7, 11) is 0. The van der Waals surface area contributed by atoms with Gasteiger partial charge in [0.05, 0.1) is 0 Å². The maximum Gasteiger partial charge on any atom is 0.410 e. The number of hydrogen-bond acceptors (Lipinski definition) is 3. The van der Waals surface area contributed by atoms with Gasteiger partial charge in [-0.25, -0.2) is 4.79 Å². The normalized spacial score (nSPS) is 23.7. The molecule has 2 aliphatic rings. The van der Waals surface area contributed by atoms with Gasteiger partial charge in [0.25, 0.3) is 0 Å². The largest absolute Gasteiger partial charge is 0.444 e. The first-order chi connectivity index (χ1) is 14.3. The molecule has 4 rings (SSSR count). The van der Waals surface area contributed by atoms with Crippen molar-refractivity contribution in [1.29, 1.82) is 0 Å². The van der Waals surface area contributed by atoms with Crippen LogP contribution in [-0.2, 0) is 4.74 Å². The molecule has 4 nitrogen and oxygen atoms in total. The predicted molar refractivity (Wildman–Crippen MR) is 118 cm³/mol. The number of fused-ring (bicyclic) bond motifs is 2. The zero-order chi connectivity index (χ0) is 21.3. The first-order valence-corrected chi connectivity index (χ1v) is 11.0. The van der Waals surface area contributed by atoms with Crippen LogP contribution in [0.3, 0.4) is 0 Å². The fourth-order valence-corrected chi connectivity index (χ4v) is 4.90. The molecule has 2 aromatic carbocycles. The number of carbonyl (C=O) groups is 2. The number of carbonyl (C=O) groups excluding carboxylic acids is 2. The van der Waals surface area contributed by atoms with Crippen LogP contribution in [0, 0.1) is 5.92 Å². The summed E-state index contributed by atoms with van der Waals surface area (Å²) in [5.74, 6) is 0.178. The van der Waals surface area contributed by atoms with Crippen LogP contribution in [0.2, 0.25) is 0 Å². The van der Waals surface area contributed by atoms with Gasteiger partial charge >= 0.3 is 6.09 Å². The number of benzene rings is 2. The molecule has 0 N–H and O–H groups in total. The molecule has 2 aromatic rings. The Kier molecular flexibility index (Phi) is 5.68. The standard InChI is InChI=1S/C26H31NO3/c1-26(2,3)30-25(29)27-22-10-7-11-23(27)17-21(16-22)24(28)20-14-12-19(13-15-20)18-8-5-4-6-9-18/h4-6,8-9,12-15,21-23H,7,10-11,16-17H2,1-3H3. The molecule has 2 heterocycles. The highest BCUT2D eigenvalue weighted by Gasteiger charge is 2.44. The molecule has 2 aliphatic heterocycles. The topological polar surface area (TPSA) is 46.6 Å². The van der Waals surface area contributed by atoms with E-state index in [1.165, 1.54) is 0 Å². The van der Waals surface area contributed by atoms with Gasteiger partial charge in [-0.05, 0) is 64.0 Å². The Morgan fingerprint density at radius 3 is 2.00 bits per heavy atom. The van der Waals surface area contributed by atoms with E-state index in [0.717, 1.165) is 48.8 Å². The number of ketones is 1. The average Bonchev–Trinajstić information content (AvgIpc) is 2.72. The lowest BCUT2D eigenvalue weighted by Crippen LogP contribution is -2.56. The highest BCUT2D eigenvalue weighted by Crippen LogP contribution is 2.39. The smallest absolute Gasteiger partial charge is 0.410 e. The van der Waals surface area contributed by atoms with Crippen LogP contribution >= 0.6 is 0 Å². The Balaban J connectivity index is 1.47. The second-order valence-electron chi connectivity index (χ2n) is 9.60. The van der Waals surface area contributed by atoms with Gasteiger partial charge < -0.3 is 9.64 Å². The minimum absolute atomic E-state index is 0.0263. The summed E-state index contributed by atoms with van der Waals surface area (Å²) < 4.78 is 5.65. The van der Waals surface area contributed by atoms with Gasteiger partial charge in [-0.1, -0.05) is 54.6 Å². The van der Waals surface area contributed by atoms with E-state index in [1.54, 1.807) is 0 Å². The lowest BCUT2D eigenvalue weighted by Gasteiger charge is -2.48. The van der Waals surface area contributed by atoms with Crippen molar-refractivity contribution < 1.29 is 14.3 Å². The molecule has 0 aromatic heterocycles. The van der Waals surface area contributed by atoms with E-state index >= 15 is 0 Å². The maximum absolute atomic E-state index is 13.2. The monoisotopic (exact) mass is 405 g/mol. The summed E-state index contributed by atoms with van der Waals surface area (Å²) in [4.78, 5) is 27.9. The zero-order valence-corrected chi connectivity index (χ0v) is 18.1. The molecule has 2 bridgehead atoms. The Hall–Kier alpha value is -2.62. The van der Waals surface area contributed by atoms with Gasteiger partial charge in [0, 0.05) is 23.6 Å². The molecule has 2 atom stereocenters. The van der Waals surface area contributed by atoms with Crippen molar-refractivity contribution in [2.24, 2.45) is 5.92 Å². The first kappa shape index (κ1) is 20.6. The van der Waals surface area contributed by atoms with Crippen LogP contribution in [0.4, 0.5) is 4.79 Å². The molecule has 2 unspecified atom stereocenters. The summed E-state index contributed by atoms with van der Waals surface area (Å²) in [6, 6.07) is 18.3. The van der Waals surface area contributed by atoms with Crippen molar-refractivity contribution >= 4 is 11.9 Å². The number of ether oxygens (including phenoxy) is 1. The Morgan fingerprint density at radius 2 is 1.43 bits per heavy atom. The fourth-order valence-electron chi connectivity index (χ4n) is 4.90. The summed E-state index contributed by atoms with van der Waals surface area (Å²) >= 11 is 0. The van der Waals surface area contributed by atoms with Gasteiger partial charge in [0.15, 0.2) is 5.78 Å². The van der Waals surface area contributed by atoms with E-state index in [0.29, 0.717) is 0 Å². The Labute approximate surface area is 179 Å². The second-order valence-corrected chi connectivity index (χ2v) is 9.60. The number of hydrogen-bond donors (Lipinski definition) is 0. The summed E-state index contributed by atoms with van der Waals surface area (Å²) in [6.07, 6.45) is 4.25. The SMILES string of the molecule is CC(C)(C)OC(=O)N1C2CCCC1CC(C(=O)c1ccc(-c3ccccc3)cc1)C2. The number of Topliss-reactive ketones (excluding diaryl/α,β-unsaturated/α-hetero) is 1. The average molecular weight is 406 g/mol. The van der Waals surface area contributed by atoms with Crippen molar-refractivity contribution in [1.82, 2.24) is 4.90 Å². The predicted octanol–water partition coefficient (Wildman–Crippen LogP) is 6.10. The van der Waals surface area contributed by atoms with E-state index < -0.39 is 5.60 Å². The molecule has 0 saturated carbocycles. The van der Waals surface area contributed by atoms with Crippen molar-refractivity contribution in [3.63, 3.8) is 0 Å². The van der Waals surface area contributed by atoms with E-state index in [2.05, 4.69) is 12.1 Å². The zero-order valence-electron chi connectivity index (χ0n) is 18.1. The minimum atomic E-state index is -0.501. The van der Waals surface area contributed by atoms with Crippen LogP contribution in [0.1, 0.15) is 63.2 Å². The molecule has 30 heavy (non-hydrogen) atoms. The molecule has 1 amide bonds. The molecule has 4 heteroatoms. The van der Waals surface area contributed by atoms with Crippen LogP contribution in [0.25, 0.3) is 11.1 Å². The van der Waals surface area contributed by atoms with Crippen LogP contribution in [0.15, 0.2) is 54.6 Å². The van der Waals surface area contributed by atoms with Crippen LogP contribution in [0.5, 0.6) is 0 Å². The van der Waals surface area contributed by atoms with Crippen LogP contribution in [-0.4, -0.2) is 34.5 Å². The molecule has 158 valence electrons. The van der Waals surface area contributed by atoms with Crippen molar-refractivity contribution in [2.45, 2.75) is 70.6 Å². The van der Waals surface area contributed by atoms with E-state index in [1.807, 2.05) is 68.1 Å².